The molecule has 2 unspecified atom stereocenters. The van der Waals surface area contributed by atoms with E-state index in [1.165, 1.54) is 0 Å². The minimum absolute atomic E-state index is 0.330. The SMILES string of the molecule is CCC(C#N)(CCCOCC1CCOC1)NC(C)C. The summed E-state index contributed by atoms with van der Waals surface area (Å²) in [6.45, 7) is 9.47. The third-order valence-electron chi connectivity index (χ3n) is 3.65. The highest BCUT2D eigenvalue weighted by Gasteiger charge is 2.27. The Balaban J connectivity index is 2.19. The number of nitrogens with one attached hydrogen (secondary N) is 1. The van der Waals surface area contributed by atoms with Crippen LogP contribution in [0.4, 0.5) is 0 Å². The van der Waals surface area contributed by atoms with E-state index in [9.17, 15) is 5.26 Å². The van der Waals surface area contributed by atoms with Crippen LogP contribution >= 0.6 is 0 Å². The second-order valence-electron chi connectivity index (χ2n) is 5.75. The van der Waals surface area contributed by atoms with Gasteiger partial charge in [-0.1, -0.05) is 6.92 Å². The molecule has 0 amide bonds. The molecular formula is C15H28N2O2. The largest absolute Gasteiger partial charge is 0.381 e. The van der Waals surface area contributed by atoms with E-state index in [1.807, 2.05) is 0 Å². The van der Waals surface area contributed by atoms with E-state index in [0.29, 0.717) is 12.0 Å². The van der Waals surface area contributed by atoms with Crippen LogP contribution in [-0.2, 0) is 9.47 Å². The number of hydrogen-bond acceptors (Lipinski definition) is 4. The Hall–Kier alpha value is -0.630. The van der Waals surface area contributed by atoms with Gasteiger partial charge < -0.3 is 9.47 Å². The van der Waals surface area contributed by atoms with E-state index >= 15 is 0 Å². The smallest absolute Gasteiger partial charge is 0.106 e. The van der Waals surface area contributed by atoms with Gasteiger partial charge in [0, 0.05) is 25.2 Å². The lowest BCUT2D eigenvalue weighted by atomic mass is 9.91. The Morgan fingerprint density at radius 2 is 2.32 bits per heavy atom. The van der Waals surface area contributed by atoms with Crippen molar-refractivity contribution in [3.8, 4) is 6.07 Å². The van der Waals surface area contributed by atoms with Crippen molar-refractivity contribution in [3.05, 3.63) is 0 Å². The molecule has 4 heteroatoms. The quantitative estimate of drug-likeness (QED) is 0.653. The normalized spacial score (nSPS) is 22.4. The summed E-state index contributed by atoms with van der Waals surface area (Å²) in [6, 6.07) is 2.77. The molecule has 1 rings (SSSR count). The zero-order valence-electron chi connectivity index (χ0n) is 12.6. The molecule has 1 heterocycles. The van der Waals surface area contributed by atoms with Crippen LogP contribution in [0.25, 0.3) is 0 Å². The highest BCUT2D eigenvalue weighted by molar-refractivity contribution is 5.06. The Morgan fingerprint density at radius 1 is 1.53 bits per heavy atom. The zero-order chi connectivity index (χ0) is 14.1. The summed E-state index contributed by atoms with van der Waals surface area (Å²) in [5.74, 6) is 0.570. The maximum absolute atomic E-state index is 9.38. The first kappa shape index (κ1) is 16.4. The van der Waals surface area contributed by atoms with Crippen LogP contribution in [0.15, 0.2) is 0 Å². The molecule has 0 saturated carbocycles. The third-order valence-corrected chi connectivity index (χ3v) is 3.65. The van der Waals surface area contributed by atoms with Crippen molar-refractivity contribution in [3.63, 3.8) is 0 Å². The molecule has 0 aromatic carbocycles. The lowest BCUT2D eigenvalue weighted by molar-refractivity contribution is 0.0841. The molecule has 2 atom stereocenters. The van der Waals surface area contributed by atoms with Gasteiger partial charge in [-0.2, -0.15) is 5.26 Å². The Morgan fingerprint density at radius 3 is 2.84 bits per heavy atom. The molecule has 1 N–H and O–H groups in total. The second kappa shape index (κ2) is 8.52. The molecule has 0 radical (unpaired) electrons. The average molecular weight is 268 g/mol. The predicted molar refractivity (Wildman–Crippen MR) is 75.9 cm³/mol. The fourth-order valence-corrected chi connectivity index (χ4v) is 2.51. The van der Waals surface area contributed by atoms with Crippen LogP contribution in [0.2, 0.25) is 0 Å². The molecule has 1 aliphatic rings. The molecule has 0 spiro atoms. The van der Waals surface area contributed by atoms with Gasteiger partial charge >= 0.3 is 0 Å². The lowest BCUT2D eigenvalue weighted by Crippen LogP contribution is -2.47. The summed E-state index contributed by atoms with van der Waals surface area (Å²) in [5, 5.41) is 12.8. The fraction of sp³-hybridized carbons (Fsp3) is 0.933. The highest BCUT2D eigenvalue weighted by atomic mass is 16.5. The van der Waals surface area contributed by atoms with Crippen LogP contribution in [0.1, 0.15) is 46.5 Å². The van der Waals surface area contributed by atoms with Gasteiger partial charge in [0.1, 0.15) is 5.54 Å². The van der Waals surface area contributed by atoms with Crippen LogP contribution in [0, 0.1) is 17.2 Å². The summed E-state index contributed by atoms with van der Waals surface area (Å²) >= 11 is 0. The first-order valence-corrected chi connectivity index (χ1v) is 7.46. The van der Waals surface area contributed by atoms with Crippen LogP contribution in [0.3, 0.4) is 0 Å². The first-order valence-electron chi connectivity index (χ1n) is 7.46. The summed E-state index contributed by atoms with van der Waals surface area (Å²) < 4.78 is 11.0. The number of nitriles is 1. The zero-order valence-corrected chi connectivity index (χ0v) is 12.6. The van der Waals surface area contributed by atoms with Crippen molar-refractivity contribution in [1.82, 2.24) is 5.32 Å². The van der Waals surface area contributed by atoms with Crippen LogP contribution < -0.4 is 5.32 Å². The van der Waals surface area contributed by atoms with Crippen molar-refractivity contribution < 1.29 is 9.47 Å². The minimum atomic E-state index is -0.395. The highest BCUT2D eigenvalue weighted by Crippen LogP contribution is 2.18. The van der Waals surface area contributed by atoms with Gasteiger partial charge in [-0.3, -0.25) is 5.32 Å². The van der Waals surface area contributed by atoms with E-state index in [1.54, 1.807) is 0 Å². The van der Waals surface area contributed by atoms with Crippen molar-refractivity contribution in [2.24, 2.45) is 5.92 Å². The summed E-state index contributed by atoms with van der Waals surface area (Å²) in [4.78, 5) is 0. The molecule has 0 aromatic rings. The topological polar surface area (TPSA) is 54.3 Å². The molecule has 4 nitrogen and oxygen atoms in total. The number of rotatable bonds is 9. The van der Waals surface area contributed by atoms with Crippen LogP contribution in [0.5, 0.6) is 0 Å². The monoisotopic (exact) mass is 268 g/mol. The van der Waals surface area contributed by atoms with E-state index in [0.717, 1.165) is 52.1 Å². The summed E-state index contributed by atoms with van der Waals surface area (Å²) in [5.41, 5.74) is -0.395. The molecule has 1 aliphatic heterocycles. The number of ether oxygens (including phenoxy) is 2. The predicted octanol–water partition coefficient (Wildman–Crippen LogP) is 2.49. The lowest BCUT2D eigenvalue weighted by Gasteiger charge is -2.29. The van der Waals surface area contributed by atoms with E-state index in [-0.39, 0.29) is 0 Å². The second-order valence-corrected chi connectivity index (χ2v) is 5.75. The average Bonchev–Trinajstić information content (AvgIpc) is 2.89. The van der Waals surface area contributed by atoms with Gasteiger partial charge in [-0.05, 0) is 39.5 Å². The Labute approximate surface area is 117 Å². The minimum Gasteiger partial charge on any atom is -0.381 e. The number of hydrogen-bond donors (Lipinski definition) is 1. The van der Waals surface area contributed by atoms with Gasteiger partial charge in [-0.15, -0.1) is 0 Å². The van der Waals surface area contributed by atoms with Gasteiger partial charge in [-0.25, -0.2) is 0 Å². The third kappa shape index (κ3) is 5.90. The maximum atomic E-state index is 9.38. The Kier molecular flexibility index (Phi) is 7.37. The first-order chi connectivity index (χ1) is 9.12. The van der Waals surface area contributed by atoms with E-state index in [4.69, 9.17) is 9.47 Å². The summed E-state index contributed by atoms with van der Waals surface area (Å²) in [6.07, 6.45) is 3.72. The van der Waals surface area contributed by atoms with Gasteiger partial charge in [0.05, 0.1) is 19.3 Å². The summed E-state index contributed by atoms with van der Waals surface area (Å²) in [7, 11) is 0. The van der Waals surface area contributed by atoms with Crippen molar-refractivity contribution in [2.45, 2.75) is 58.0 Å². The van der Waals surface area contributed by atoms with Gasteiger partial charge in [0.25, 0.3) is 0 Å². The Bertz CT molecular complexity index is 282. The molecule has 1 fully saturated rings. The maximum Gasteiger partial charge on any atom is 0.106 e. The molecule has 0 aliphatic carbocycles. The van der Waals surface area contributed by atoms with Crippen molar-refractivity contribution >= 4 is 0 Å². The fourth-order valence-electron chi connectivity index (χ4n) is 2.51. The van der Waals surface area contributed by atoms with Gasteiger partial charge in [0.15, 0.2) is 0 Å². The van der Waals surface area contributed by atoms with E-state index < -0.39 is 5.54 Å². The standard InChI is InChI=1S/C15H28N2O2/c1-4-15(12-16,17-13(2)3)7-5-8-18-10-14-6-9-19-11-14/h13-14,17H,4-11H2,1-3H3. The number of nitrogens with zero attached hydrogens (tertiary/aromatic N) is 1. The van der Waals surface area contributed by atoms with Gasteiger partial charge in [0.2, 0.25) is 0 Å². The molecule has 0 aromatic heterocycles. The van der Waals surface area contributed by atoms with E-state index in [2.05, 4.69) is 32.2 Å². The molecular weight excluding hydrogens is 240 g/mol. The molecule has 1 saturated heterocycles. The van der Waals surface area contributed by atoms with Crippen LogP contribution in [-0.4, -0.2) is 38.0 Å². The van der Waals surface area contributed by atoms with Crippen molar-refractivity contribution in [1.29, 1.82) is 5.26 Å². The molecule has 110 valence electrons. The van der Waals surface area contributed by atoms with Crippen molar-refractivity contribution in [2.75, 3.05) is 26.4 Å². The molecule has 0 bridgehead atoms. The molecule has 19 heavy (non-hydrogen) atoms.